The lowest BCUT2D eigenvalue weighted by molar-refractivity contribution is 0.0251. The van der Waals surface area contributed by atoms with Crippen molar-refractivity contribution in [3.05, 3.63) is 16.9 Å². The predicted octanol–water partition coefficient (Wildman–Crippen LogP) is 2.51. The van der Waals surface area contributed by atoms with Gasteiger partial charge in [0.1, 0.15) is 6.10 Å². The van der Waals surface area contributed by atoms with E-state index in [9.17, 15) is 0 Å². The molecule has 2 fully saturated rings. The van der Waals surface area contributed by atoms with Gasteiger partial charge in [0, 0.05) is 38.6 Å². The molecule has 0 amide bonds. The van der Waals surface area contributed by atoms with E-state index in [0.717, 1.165) is 43.6 Å². The van der Waals surface area contributed by atoms with E-state index in [-0.39, 0.29) is 6.10 Å². The largest absolute Gasteiger partial charge is 0.460 e. The zero-order valence-electron chi connectivity index (χ0n) is 12.2. The van der Waals surface area contributed by atoms with Gasteiger partial charge >= 0.3 is 6.01 Å². The summed E-state index contributed by atoms with van der Waals surface area (Å²) in [4.78, 5) is 10.9. The van der Waals surface area contributed by atoms with E-state index < -0.39 is 0 Å². The summed E-state index contributed by atoms with van der Waals surface area (Å²) in [6.07, 6.45) is 8.31. The zero-order valence-corrected chi connectivity index (χ0v) is 13.8. The maximum atomic E-state index is 5.85. The van der Waals surface area contributed by atoms with E-state index in [4.69, 9.17) is 9.47 Å². The summed E-state index contributed by atoms with van der Waals surface area (Å²) in [6, 6.07) is 0.484. The minimum Gasteiger partial charge on any atom is -0.460 e. The topological polar surface area (TPSA) is 47.5 Å². The van der Waals surface area contributed by atoms with Crippen LogP contribution in [0.1, 0.15) is 25.7 Å². The molecule has 0 spiro atoms. The first-order valence-corrected chi connectivity index (χ1v) is 8.53. The summed E-state index contributed by atoms with van der Waals surface area (Å²) >= 11 is 3.33. The van der Waals surface area contributed by atoms with E-state index >= 15 is 0 Å². The molecule has 1 unspecified atom stereocenters. The van der Waals surface area contributed by atoms with E-state index in [0.29, 0.717) is 11.9 Å². The number of hydrogen-bond acceptors (Lipinski definition) is 5. The molecule has 1 aromatic rings. The van der Waals surface area contributed by atoms with Gasteiger partial charge in [0.25, 0.3) is 0 Å². The lowest BCUT2D eigenvalue weighted by atomic mass is 9.99. The average Bonchev–Trinajstić information content (AvgIpc) is 2.53. The Bertz CT molecular complexity index is 429. The number of nitrogens with zero attached hydrogens (tertiary/aromatic N) is 3. The van der Waals surface area contributed by atoms with Crippen molar-refractivity contribution in [2.24, 2.45) is 5.92 Å². The fourth-order valence-corrected chi connectivity index (χ4v) is 3.24. The van der Waals surface area contributed by atoms with E-state index in [1.165, 1.54) is 19.4 Å². The van der Waals surface area contributed by atoms with Crippen LogP contribution in [0.15, 0.2) is 16.9 Å². The Labute approximate surface area is 134 Å². The van der Waals surface area contributed by atoms with Crippen molar-refractivity contribution in [2.75, 3.05) is 32.8 Å². The quantitative estimate of drug-likeness (QED) is 0.830. The number of rotatable bonds is 4. The number of likely N-dealkylation sites (tertiary alicyclic amines) is 1. The summed E-state index contributed by atoms with van der Waals surface area (Å²) < 4.78 is 12.3. The summed E-state index contributed by atoms with van der Waals surface area (Å²) in [5.41, 5.74) is 0. The molecule has 5 nitrogen and oxygen atoms in total. The molecule has 3 heterocycles. The molecular formula is C15H22BrN3O2. The number of piperidine rings is 1. The lowest BCUT2D eigenvalue weighted by Gasteiger charge is -2.34. The first-order valence-electron chi connectivity index (χ1n) is 7.74. The van der Waals surface area contributed by atoms with Crippen LogP contribution in [-0.4, -0.2) is 53.8 Å². The van der Waals surface area contributed by atoms with Crippen molar-refractivity contribution in [1.29, 1.82) is 0 Å². The summed E-state index contributed by atoms with van der Waals surface area (Å²) in [6.45, 7) is 5.24. The molecule has 0 aromatic carbocycles. The number of hydrogen-bond donors (Lipinski definition) is 0. The highest BCUT2D eigenvalue weighted by Gasteiger charge is 2.24. The Morgan fingerprint density at radius 2 is 2.00 bits per heavy atom. The first-order chi connectivity index (χ1) is 10.3. The van der Waals surface area contributed by atoms with Crippen LogP contribution < -0.4 is 4.74 Å². The maximum absolute atomic E-state index is 5.85. The molecule has 0 bridgehead atoms. The third-order valence-corrected chi connectivity index (χ3v) is 4.58. The Morgan fingerprint density at radius 3 is 2.67 bits per heavy atom. The summed E-state index contributed by atoms with van der Waals surface area (Å²) in [5.74, 6) is 0.714. The van der Waals surface area contributed by atoms with E-state index in [2.05, 4.69) is 30.8 Å². The molecule has 6 heteroatoms. The first kappa shape index (κ1) is 15.2. The smallest absolute Gasteiger partial charge is 0.316 e. The highest BCUT2D eigenvalue weighted by Crippen LogP contribution is 2.20. The lowest BCUT2D eigenvalue weighted by Crippen LogP contribution is -2.42. The second-order valence-corrected chi connectivity index (χ2v) is 6.80. The average molecular weight is 356 g/mol. The predicted molar refractivity (Wildman–Crippen MR) is 83.4 cm³/mol. The normalized spacial score (nSPS) is 24.9. The van der Waals surface area contributed by atoms with E-state index in [1.54, 1.807) is 12.4 Å². The van der Waals surface area contributed by atoms with Crippen molar-refractivity contribution >= 4 is 15.9 Å². The Hall–Kier alpha value is -0.720. The Balaban J connectivity index is 1.41. The molecular weight excluding hydrogens is 334 g/mol. The van der Waals surface area contributed by atoms with Gasteiger partial charge in [-0.1, -0.05) is 0 Å². The fraction of sp³-hybridized carbons (Fsp3) is 0.733. The molecule has 1 atom stereocenters. The molecule has 0 saturated carbocycles. The zero-order chi connectivity index (χ0) is 14.5. The highest BCUT2D eigenvalue weighted by molar-refractivity contribution is 9.10. The monoisotopic (exact) mass is 355 g/mol. The van der Waals surface area contributed by atoms with Crippen LogP contribution in [0.3, 0.4) is 0 Å². The summed E-state index contributed by atoms with van der Waals surface area (Å²) in [7, 11) is 0. The van der Waals surface area contributed by atoms with Gasteiger partial charge in [-0.2, -0.15) is 0 Å². The molecule has 116 valence electrons. The number of aromatic nitrogens is 2. The van der Waals surface area contributed by atoms with Crippen LogP contribution in [0, 0.1) is 5.92 Å². The van der Waals surface area contributed by atoms with Crippen LogP contribution in [0.25, 0.3) is 0 Å². The number of ether oxygens (including phenoxy) is 2. The van der Waals surface area contributed by atoms with Gasteiger partial charge in [0.05, 0.1) is 11.1 Å². The fourth-order valence-electron chi connectivity index (χ4n) is 3.04. The van der Waals surface area contributed by atoms with Gasteiger partial charge < -0.3 is 14.4 Å². The molecule has 2 aliphatic heterocycles. The van der Waals surface area contributed by atoms with Gasteiger partial charge in [0.2, 0.25) is 0 Å². The Kier molecular flexibility index (Phi) is 5.43. The van der Waals surface area contributed by atoms with Gasteiger partial charge in [-0.3, -0.25) is 0 Å². The minimum absolute atomic E-state index is 0.241. The second-order valence-electron chi connectivity index (χ2n) is 5.88. The van der Waals surface area contributed by atoms with E-state index in [1.807, 2.05) is 0 Å². The Morgan fingerprint density at radius 1 is 1.24 bits per heavy atom. The van der Waals surface area contributed by atoms with Crippen molar-refractivity contribution in [3.63, 3.8) is 0 Å². The molecule has 21 heavy (non-hydrogen) atoms. The molecule has 1 aromatic heterocycles. The molecule has 0 N–H and O–H groups in total. The maximum Gasteiger partial charge on any atom is 0.316 e. The van der Waals surface area contributed by atoms with Crippen molar-refractivity contribution in [2.45, 2.75) is 31.8 Å². The molecule has 3 rings (SSSR count). The highest BCUT2D eigenvalue weighted by atomic mass is 79.9. The van der Waals surface area contributed by atoms with Crippen LogP contribution in [0.2, 0.25) is 0 Å². The number of halogens is 1. The van der Waals surface area contributed by atoms with Crippen molar-refractivity contribution < 1.29 is 9.47 Å². The van der Waals surface area contributed by atoms with Crippen LogP contribution in [0.5, 0.6) is 6.01 Å². The second kappa shape index (κ2) is 7.51. The SMILES string of the molecule is Brc1cnc(OC2CCN(CC3CCCOC3)CC2)nc1. The third kappa shape index (κ3) is 4.63. The van der Waals surface area contributed by atoms with Crippen LogP contribution in [0.4, 0.5) is 0 Å². The van der Waals surface area contributed by atoms with Crippen LogP contribution >= 0.6 is 15.9 Å². The standard InChI is InChI=1S/C15H22BrN3O2/c16-13-8-17-15(18-9-13)21-14-3-5-19(6-4-14)10-12-2-1-7-20-11-12/h8-9,12,14H,1-7,10-11H2. The van der Waals surface area contributed by atoms with Crippen molar-refractivity contribution in [1.82, 2.24) is 14.9 Å². The third-order valence-electron chi connectivity index (χ3n) is 4.17. The molecule has 2 saturated heterocycles. The van der Waals surface area contributed by atoms with Crippen molar-refractivity contribution in [3.8, 4) is 6.01 Å². The van der Waals surface area contributed by atoms with Gasteiger partial charge in [-0.05, 0) is 47.5 Å². The molecule has 0 aliphatic carbocycles. The summed E-state index contributed by atoms with van der Waals surface area (Å²) in [5, 5.41) is 0. The van der Waals surface area contributed by atoms with Gasteiger partial charge in [0.15, 0.2) is 0 Å². The molecule has 2 aliphatic rings. The minimum atomic E-state index is 0.241. The van der Waals surface area contributed by atoms with Crippen LogP contribution in [-0.2, 0) is 4.74 Å². The van der Waals surface area contributed by atoms with Gasteiger partial charge in [-0.25, -0.2) is 9.97 Å². The molecule has 0 radical (unpaired) electrons. The van der Waals surface area contributed by atoms with Gasteiger partial charge in [-0.15, -0.1) is 0 Å².